The van der Waals surface area contributed by atoms with E-state index in [1.54, 1.807) is 12.4 Å². The van der Waals surface area contributed by atoms with E-state index in [0.29, 0.717) is 29.6 Å². The molecule has 6 rings (SSSR count). The largest absolute Gasteiger partial charge is 0.390 e. The topological polar surface area (TPSA) is 110 Å². The Bertz CT molecular complexity index is 1260. The lowest BCUT2D eigenvalue weighted by molar-refractivity contribution is -0.127. The molecule has 10 heteroatoms. The standard InChI is InChI=1S/C28H35N5O4S/c1-2-20-15-36-9-8-33(20)21-10-18(11-21)27(35)32-28-31-22-7-6-17(12-25(22)38-28)19-13-29-26(30-14-19)16-37-24-5-3-4-23(24)34/h6-7,12-14,18,20-21,23-24,34H,2-5,8-11,15-16H2,1H3,(H,31,32,35)/t18?,20-,21?,23-,24-/m0/s1. The summed E-state index contributed by atoms with van der Waals surface area (Å²) in [5.41, 5.74) is 2.76. The molecule has 3 fully saturated rings. The van der Waals surface area contributed by atoms with Crippen LogP contribution in [0.2, 0.25) is 0 Å². The van der Waals surface area contributed by atoms with E-state index in [9.17, 15) is 9.90 Å². The first kappa shape index (κ1) is 25.8. The Balaban J connectivity index is 1.05. The predicted octanol–water partition coefficient (Wildman–Crippen LogP) is 4.01. The maximum atomic E-state index is 12.9. The average molecular weight is 538 g/mol. The fourth-order valence-corrected chi connectivity index (χ4v) is 6.71. The van der Waals surface area contributed by atoms with E-state index in [4.69, 9.17) is 9.47 Å². The molecule has 1 saturated heterocycles. The van der Waals surface area contributed by atoms with Gasteiger partial charge in [-0.25, -0.2) is 15.0 Å². The smallest absolute Gasteiger partial charge is 0.229 e. The quantitative estimate of drug-likeness (QED) is 0.444. The fraction of sp³-hybridized carbons (Fsp3) is 0.571. The second kappa shape index (κ2) is 11.3. The highest BCUT2D eigenvalue weighted by Gasteiger charge is 2.41. The highest BCUT2D eigenvalue weighted by molar-refractivity contribution is 7.22. The molecule has 3 heterocycles. The van der Waals surface area contributed by atoms with Crippen molar-refractivity contribution in [1.29, 1.82) is 0 Å². The Morgan fingerprint density at radius 1 is 1.24 bits per heavy atom. The number of carbonyl (C=O) groups excluding carboxylic acids is 1. The number of morpholine rings is 1. The van der Waals surface area contributed by atoms with Gasteiger partial charge in [0.15, 0.2) is 11.0 Å². The third-order valence-electron chi connectivity index (χ3n) is 8.20. The zero-order valence-corrected chi connectivity index (χ0v) is 22.5. The summed E-state index contributed by atoms with van der Waals surface area (Å²) in [6.07, 6.45) is 8.65. The van der Waals surface area contributed by atoms with Crippen LogP contribution in [-0.2, 0) is 20.9 Å². The summed E-state index contributed by atoms with van der Waals surface area (Å²) >= 11 is 1.49. The number of ether oxygens (including phenoxy) is 2. The van der Waals surface area contributed by atoms with Crippen molar-refractivity contribution in [3.05, 3.63) is 36.4 Å². The first-order valence-corrected chi connectivity index (χ1v) is 14.5. The second-order valence-electron chi connectivity index (χ2n) is 10.6. The zero-order valence-electron chi connectivity index (χ0n) is 21.7. The van der Waals surface area contributed by atoms with E-state index in [1.165, 1.54) is 11.3 Å². The third-order valence-corrected chi connectivity index (χ3v) is 9.13. The summed E-state index contributed by atoms with van der Waals surface area (Å²) in [6, 6.07) is 6.98. The van der Waals surface area contributed by atoms with Crippen LogP contribution in [0.25, 0.3) is 21.3 Å². The van der Waals surface area contributed by atoms with Gasteiger partial charge in [-0.1, -0.05) is 24.3 Å². The molecule has 2 N–H and O–H groups in total. The van der Waals surface area contributed by atoms with Crippen LogP contribution < -0.4 is 5.32 Å². The van der Waals surface area contributed by atoms with Crippen molar-refractivity contribution in [3.8, 4) is 11.1 Å². The SMILES string of the molecule is CC[C@H]1COCCN1C1CC(C(=O)Nc2nc3ccc(-c4cnc(CO[C@H]5CCC[C@@H]5O)nc4)cc3s2)C1. The van der Waals surface area contributed by atoms with Crippen LogP contribution in [0.15, 0.2) is 30.6 Å². The van der Waals surface area contributed by atoms with Gasteiger partial charge in [0.25, 0.3) is 0 Å². The highest BCUT2D eigenvalue weighted by atomic mass is 32.1. The minimum Gasteiger partial charge on any atom is -0.390 e. The minimum atomic E-state index is -0.385. The van der Waals surface area contributed by atoms with Crippen LogP contribution in [-0.4, -0.2) is 74.9 Å². The van der Waals surface area contributed by atoms with Crippen LogP contribution in [0.4, 0.5) is 5.13 Å². The third kappa shape index (κ3) is 5.46. The molecule has 3 aliphatic rings. The number of nitrogens with one attached hydrogen (secondary N) is 1. The fourth-order valence-electron chi connectivity index (χ4n) is 5.80. The molecule has 202 valence electrons. The molecule has 1 aromatic carbocycles. The number of carbonyl (C=O) groups is 1. The van der Waals surface area contributed by atoms with Crippen LogP contribution in [0.1, 0.15) is 51.3 Å². The van der Waals surface area contributed by atoms with Gasteiger partial charge >= 0.3 is 0 Å². The van der Waals surface area contributed by atoms with E-state index in [1.807, 2.05) is 12.1 Å². The summed E-state index contributed by atoms with van der Waals surface area (Å²) in [6.45, 7) is 5.05. The normalized spacial score (nSPS) is 27.9. The van der Waals surface area contributed by atoms with Gasteiger partial charge in [-0.05, 0) is 56.2 Å². The van der Waals surface area contributed by atoms with Crippen molar-refractivity contribution >= 4 is 32.6 Å². The van der Waals surface area contributed by atoms with Crippen molar-refractivity contribution in [3.63, 3.8) is 0 Å². The summed E-state index contributed by atoms with van der Waals surface area (Å²) in [5.74, 6) is 0.714. The number of hydrogen-bond donors (Lipinski definition) is 2. The first-order chi connectivity index (χ1) is 18.6. The van der Waals surface area contributed by atoms with Crippen molar-refractivity contribution in [1.82, 2.24) is 19.9 Å². The van der Waals surface area contributed by atoms with Gasteiger partial charge in [0, 0.05) is 42.5 Å². The number of hydrogen-bond acceptors (Lipinski definition) is 9. The van der Waals surface area contributed by atoms with E-state index >= 15 is 0 Å². The lowest BCUT2D eigenvalue weighted by Crippen LogP contribution is -2.56. The molecule has 0 bridgehead atoms. The van der Waals surface area contributed by atoms with E-state index < -0.39 is 0 Å². The number of rotatable bonds is 8. The molecular weight excluding hydrogens is 502 g/mol. The Kier molecular flexibility index (Phi) is 7.67. The van der Waals surface area contributed by atoms with Crippen LogP contribution >= 0.6 is 11.3 Å². The van der Waals surface area contributed by atoms with Crippen LogP contribution in [0.3, 0.4) is 0 Å². The van der Waals surface area contributed by atoms with Crippen molar-refractivity contribution in [2.24, 2.45) is 5.92 Å². The average Bonchev–Trinajstić information content (AvgIpc) is 3.51. The summed E-state index contributed by atoms with van der Waals surface area (Å²) in [5, 5.41) is 13.6. The van der Waals surface area contributed by atoms with Gasteiger partial charge in [0.2, 0.25) is 5.91 Å². The number of aliphatic hydroxyl groups is 1. The lowest BCUT2D eigenvalue weighted by atomic mass is 9.78. The summed E-state index contributed by atoms with van der Waals surface area (Å²) < 4.78 is 12.4. The molecule has 0 radical (unpaired) electrons. The van der Waals surface area contributed by atoms with Crippen molar-refractivity contribution in [2.75, 3.05) is 25.1 Å². The molecule has 9 nitrogen and oxygen atoms in total. The maximum absolute atomic E-state index is 12.9. The Morgan fingerprint density at radius 3 is 2.84 bits per heavy atom. The number of anilines is 1. The summed E-state index contributed by atoms with van der Waals surface area (Å²) in [4.78, 5) is 29.0. The molecular formula is C28H35N5O4S. The monoisotopic (exact) mass is 537 g/mol. The molecule has 3 aromatic rings. The first-order valence-electron chi connectivity index (χ1n) is 13.7. The van der Waals surface area contributed by atoms with Gasteiger partial charge in [-0.15, -0.1) is 0 Å². The number of aromatic nitrogens is 3. The number of aliphatic hydroxyl groups excluding tert-OH is 1. The van der Waals surface area contributed by atoms with Crippen molar-refractivity contribution < 1.29 is 19.4 Å². The van der Waals surface area contributed by atoms with Crippen molar-refractivity contribution in [2.45, 2.75) is 76.3 Å². The van der Waals surface area contributed by atoms with E-state index in [-0.39, 0.29) is 24.0 Å². The van der Waals surface area contributed by atoms with E-state index in [2.05, 4.69) is 38.2 Å². The molecule has 3 atom stereocenters. The second-order valence-corrected chi connectivity index (χ2v) is 11.7. The van der Waals surface area contributed by atoms with Gasteiger partial charge in [0.05, 0.1) is 35.6 Å². The van der Waals surface area contributed by atoms with Gasteiger partial charge in [-0.2, -0.15) is 0 Å². The zero-order chi connectivity index (χ0) is 26.1. The number of fused-ring (bicyclic) bond motifs is 1. The molecule has 2 saturated carbocycles. The Labute approximate surface area is 226 Å². The number of thiazole rings is 1. The minimum absolute atomic E-state index is 0.0412. The number of benzene rings is 1. The van der Waals surface area contributed by atoms with Gasteiger partial charge in [-0.3, -0.25) is 9.69 Å². The van der Waals surface area contributed by atoms with Gasteiger partial charge < -0.3 is 19.9 Å². The summed E-state index contributed by atoms with van der Waals surface area (Å²) in [7, 11) is 0. The number of amides is 1. The molecule has 1 aliphatic heterocycles. The predicted molar refractivity (Wildman–Crippen MR) is 146 cm³/mol. The molecule has 0 spiro atoms. The van der Waals surface area contributed by atoms with Gasteiger partial charge in [0.1, 0.15) is 6.61 Å². The molecule has 1 amide bonds. The molecule has 2 aliphatic carbocycles. The molecule has 38 heavy (non-hydrogen) atoms. The maximum Gasteiger partial charge on any atom is 0.229 e. The molecule has 0 unspecified atom stereocenters. The van der Waals surface area contributed by atoms with E-state index in [0.717, 1.165) is 79.6 Å². The lowest BCUT2D eigenvalue weighted by Gasteiger charge is -2.47. The van der Waals surface area contributed by atoms with Crippen LogP contribution in [0, 0.1) is 5.92 Å². The Morgan fingerprint density at radius 2 is 2.08 bits per heavy atom. The highest BCUT2D eigenvalue weighted by Crippen LogP contribution is 2.36. The Hall–Kier alpha value is -2.50. The van der Waals surface area contributed by atoms with Crippen LogP contribution in [0.5, 0.6) is 0 Å². The number of nitrogens with zero attached hydrogens (tertiary/aromatic N) is 4. The molecule has 2 aromatic heterocycles.